The first kappa shape index (κ1) is 19.5. The minimum atomic E-state index is -1.19. The molecular formula is C21H21F2N3O2. The molecule has 0 aliphatic carbocycles. The molecule has 0 bridgehead atoms. The molecular weight excluding hydrogens is 364 g/mol. The predicted octanol–water partition coefficient (Wildman–Crippen LogP) is 3.75. The molecule has 3 aromatic rings. The monoisotopic (exact) mass is 385 g/mol. The number of aromatic nitrogens is 1. The zero-order valence-corrected chi connectivity index (χ0v) is 15.6. The quantitative estimate of drug-likeness (QED) is 0.703. The molecule has 0 aliphatic rings. The summed E-state index contributed by atoms with van der Waals surface area (Å²) in [6.45, 7) is 2.22. The van der Waals surface area contributed by atoms with Crippen LogP contribution in [-0.2, 0) is 6.42 Å². The summed E-state index contributed by atoms with van der Waals surface area (Å²) in [5.74, 6) is -2.28. The minimum Gasteiger partial charge on any atom is -0.338 e. The Hall–Kier alpha value is -3.22. The van der Waals surface area contributed by atoms with Crippen LogP contribution in [0.15, 0.2) is 53.5 Å². The molecule has 5 nitrogen and oxygen atoms in total. The first-order chi connectivity index (χ1) is 13.4. The summed E-state index contributed by atoms with van der Waals surface area (Å²) in [5, 5.41) is 2.77. The second-order valence-electron chi connectivity index (χ2n) is 6.61. The Bertz CT molecular complexity index is 1050. The Morgan fingerprint density at radius 3 is 2.61 bits per heavy atom. The lowest BCUT2D eigenvalue weighted by atomic mass is 10.0. The van der Waals surface area contributed by atoms with E-state index in [4.69, 9.17) is 0 Å². The number of nitrogens with zero attached hydrogens (tertiary/aromatic N) is 1. The molecule has 2 aromatic carbocycles. The summed E-state index contributed by atoms with van der Waals surface area (Å²) in [7, 11) is 1.61. The second-order valence-corrected chi connectivity index (χ2v) is 6.61. The molecule has 0 saturated heterocycles. The summed E-state index contributed by atoms with van der Waals surface area (Å²) < 4.78 is 27.6. The van der Waals surface area contributed by atoms with Crippen molar-refractivity contribution in [3.8, 4) is 0 Å². The van der Waals surface area contributed by atoms with Crippen molar-refractivity contribution in [2.45, 2.75) is 19.4 Å². The Labute approximate surface area is 161 Å². The van der Waals surface area contributed by atoms with E-state index in [9.17, 15) is 18.4 Å². The Kier molecular flexibility index (Phi) is 5.73. The molecule has 2 amide bonds. The molecule has 0 spiro atoms. The van der Waals surface area contributed by atoms with Crippen LogP contribution < -0.4 is 10.9 Å². The summed E-state index contributed by atoms with van der Waals surface area (Å²) in [4.78, 5) is 28.3. The van der Waals surface area contributed by atoms with E-state index in [0.29, 0.717) is 18.5 Å². The average molecular weight is 385 g/mol. The van der Waals surface area contributed by atoms with Crippen LogP contribution >= 0.6 is 0 Å². The SMILES string of the molecule is CC(c1c[nH]c(=O)c2c(F)c(F)ccc12)N(C)C(=O)NCCc1ccccc1. The number of pyridine rings is 1. The van der Waals surface area contributed by atoms with Gasteiger partial charge < -0.3 is 15.2 Å². The largest absolute Gasteiger partial charge is 0.338 e. The topological polar surface area (TPSA) is 65.2 Å². The number of benzene rings is 2. The van der Waals surface area contributed by atoms with E-state index >= 15 is 0 Å². The van der Waals surface area contributed by atoms with Crippen LogP contribution in [0.25, 0.3) is 10.8 Å². The highest BCUT2D eigenvalue weighted by molar-refractivity contribution is 5.86. The number of amides is 2. The van der Waals surface area contributed by atoms with Crippen molar-refractivity contribution in [3.63, 3.8) is 0 Å². The van der Waals surface area contributed by atoms with Gasteiger partial charge in [0.25, 0.3) is 5.56 Å². The number of urea groups is 1. The van der Waals surface area contributed by atoms with Gasteiger partial charge in [0.05, 0.1) is 11.4 Å². The highest BCUT2D eigenvalue weighted by Crippen LogP contribution is 2.27. The number of hydrogen-bond acceptors (Lipinski definition) is 2. The lowest BCUT2D eigenvalue weighted by molar-refractivity contribution is 0.195. The van der Waals surface area contributed by atoms with Gasteiger partial charge >= 0.3 is 6.03 Å². The van der Waals surface area contributed by atoms with Crippen LogP contribution in [0.5, 0.6) is 0 Å². The van der Waals surface area contributed by atoms with Gasteiger partial charge in [-0.15, -0.1) is 0 Å². The molecule has 7 heteroatoms. The van der Waals surface area contributed by atoms with Crippen LogP contribution in [0.2, 0.25) is 0 Å². The second kappa shape index (κ2) is 8.21. The fourth-order valence-corrected chi connectivity index (χ4v) is 3.12. The van der Waals surface area contributed by atoms with Crippen molar-refractivity contribution in [1.29, 1.82) is 0 Å². The number of halogens is 2. The summed E-state index contributed by atoms with van der Waals surface area (Å²) >= 11 is 0. The van der Waals surface area contributed by atoms with Crippen molar-refractivity contribution in [2.24, 2.45) is 0 Å². The fourth-order valence-electron chi connectivity index (χ4n) is 3.12. The Morgan fingerprint density at radius 2 is 1.89 bits per heavy atom. The standard InChI is InChI=1S/C21H21F2N3O2/c1-13(26(2)21(28)24-11-10-14-6-4-3-5-7-14)16-12-25-20(27)18-15(16)8-9-17(22)19(18)23/h3-9,12-13H,10-11H2,1-2H3,(H,24,28)(H,25,27). The lowest BCUT2D eigenvalue weighted by Crippen LogP contribution is -2.39. The molecule has 2 N–H and O–H groups in total. The van der Waals surface area contributed by atoms with Gasteiger partial charge in [-0.3, -0.25) is 4.79 Å². The minimum absolute atomic E-state index is 0.277. The highest BCUT2D eigenvalue weighted by atomic mass is 19.2. The van der Waals surface area contributed by atoms with E-state index in [1.165, 1.54) is 17.2 Å². The first-order valence-corrected chi connectivity index (χ1v) is 8.94. The van der Waals surface area contributed by atoms with E-state index in [1.807, 2.05) is 30.3 Å². The van der Waals surface area contributed by atoms with Gasteiger partial charge in [0.15, 0.2) is 11.6 Å². The van der Waals surface area contributed by atoms with E-state index in [1.54, 1.807) is 14.0 Å². The van der Waals surface area contributed by atoms with E-state index in [0.717, 1.165) is 11.6 Å². The third-order valence-corrected chi connectivity index (χ3v) is 4.88. The number of aromatic amines is 1. The smallest absolute Gasteiger partial charge is 0.317 e. The highest BCUT2D eigenvalue weighted by Gasteiger charge is 2.22. The lowest BCUT2D eigenvalue weighted by Gasteiger charge is -2.26. The van der Waals surface area contributed by atoms with Crippen molar-refractivity contribution < 1.29 is 13.6 Å². The number of H-pyrrole nitrogens is 1. The Balaban J connectivity index is 1.77. The van der Waals surface area contributed by atoms with E-state index in [-0.39, 0.29) is 16.8 Å². The zero-order valence-electron chi connectivity index (χ0n) is 15.6. The molecule has 0 aliphatic heterocycles. The molecule has 0 fully saturated rings. The summed E-state index contributed by atoms with van der Waals surface area (Å²) in [5.41, 5.74) is 0.926. The molecule has 1 unspecified atom stereocenters. The van der Waals surface area contributed by atoms with E-state index < -0.39 is 23.2 Å². The van der Waals surface area contributed by atoms with Gasteiger partial charge in [-0.25, -0.2) is 13.6 Å². The molecule has 0 saturated carbocycles. The van der Waals surface area contributed by atoms with Crippen LogP contribution in [0.4, 0.5) is 13.6 Å². The molecule has 3 rings (SSSR count). The van der Waals surface area contributed by atoms with Gasteiger partial charge in [-0.2, -0.15) is 0 Å². The molecule has 0 radical (unpaired) electrons. The number of fused-ring (bicyclic) bond motifs is 1. The molecule has 1 heterocycles. The number of nitrogens with one attached hydrogen (secondary N) is 2. The molecule has 1 aromatic heterocycles. The summed E-state index contributed by atoms with van der Waals surface area (Å²) in [6, 6.07) is 11.3. The van der Waals surface area contributed by atoms with Crippen LogP contribution in [-0.4, -0.2) is 29.5 Å². The van der Waals surface area contributed by atoms with E-state index in [2.05, 4.69) is 10.3 Å². The van der Waals surface area contributed by atoms with Crippen LogP contribution in [0.3, 0.4) is 0 Å². The zero-order chi connectivity index (χ0) is 20.3. The molecule has 1 atom stereocenters. The maximum atomic E-state index is 14.1. The number of carbonyl (C=O) groups is 1. The van der Waals surface area contributed by atoms with Gasteiger partial charge in [0.1, 0.15) is 0 Å². The van der Waals surface area contributed by atoms with Crippen molar-refractivity contribution in [3.05, 3.63) is 81.8 Å². The Morgan fingerprint density at radius 1 is 1.18 bits per heavy atom. The van der Waals surface area contributed by atoms with Crippen LogP contribution in [0, 0.1) is 11.6 Å². The number of rotatable bonds is 5. The van der Waals surface area contributed by atoms with Gasteiger partial charge in [0, 0.05) is 19.8 Å². The fraction of sp³-hybridized carbons (Fsp3) is 0.238. The van der Waals surface area contributed by atoms with Crippen molar-refractivity contribution in [2.75, 3.05) is 13.6 Å². The third kappa shape index (κ3) is 3.88. The number of carbonyl (C=O) groups excluding carboxylic acids is 1. The molecule has 28 heavy (non-hydrogen) atoms. The normalized spacial score (nSPS) is 12.0. The maximum absolute atomic E-state index is 14.1. The summed E-state index contributed by atoms with van der Waals surface area (Å²) in [6.07, 6.45) is 2.13. The first-order valence-electron chi connectivity index (χ1n) is 8.94. The van der Waals surface area contributed by atoms with Crippen molar-refractivity contribution >= 4 is 16.8 Å². The van der Waals surface area contributed by atoms with Gasteiger partial charge in [-0.05, 0) is 35.9 Å². The number of hydrogen-bond donors (Lipinski definition) is 2. The maximum Gasteiger partial charge on any atom is 0.317 e. The van der Waals surface area contributed by atoms with Gasteiger partial charge in [0.2, 0.25) is 0 Å². The van der Waals surface area contributed by atoms with Gasteiger partial charge in [-0.1, -0.05) is 36.4 Å². The predicted molar refractivity (Wildman–Crippen MR) is 104 cm³/mol. The van der Waals surface area contributed by atoms with Crippen molar-refractivity contribution in [1.82, 2.24) is 15.2 Å². The molecule has 146 valence electrons. The average Bonchev–Trinajstić information content (AvgIpc) is 2.70. The van der Waals surface area contributed by atoms with Crippen LogP contribution in [0.1, 0.15) is 24.1 Å². The third-order valence-electron chi connectivity index (χ3n) is 4.88.